The Kier molecular flexibility index (Phi) is 4.94. The second kappa shape index (κ2) is 6.49. The van der Waals surface area contributed by atoms with Crippen molar-refractivity contribution in [2.45, 2.75) is 45.7 Å². The Hall–Kier alpha value is -0.930. The van der Waals surface area contributed by atoms with Gasteiger partial charge in [-0.2, -0.15) is 0 Å². The first-order valence-electron chi connectivity index (χ1n) is 7.35. The molecule has 1 aliphatic heterocycles. The maximum absolute atomic E-state index is 13.7. The van der Waals surface area contributed by atoms with E-state index < -0.39 is 0 Å². The Morgan fingerprint density at radius 2 is 2.26 bits per heavy atom. The molecule has 0 amide bonds. The van der Waals surface area contributed by atoms with E-state index in [1.54, 1.807) is 6.07 Å². The van der Waals surface area contributed by atoms with Crippen LogP contribution in [0.1, 0.15) is 43.9 Å². The molecule has 1 N–H and O–H groups in total. The minimum Gasteiger partial charge on any atom is -0.313 e. The summed E-state index contributed by atoms with van der Waals surface area (Å²) in [5, 5.41) is 3.57. The molecule has 1 aromatic rings. The highest BCUT2D eigenvalue weighted by Gasteiger charge is 2.21. The smallest absolute Gasteiger partial charge is 0.126 e. The van der Waals surface area contributed by atoms with Gasteiger partial charge in [0.25, 0.3) is 0 Å². The normalized spacial score (nSPS) is 23.1. The third-order valence-corrected chi connectivity index (χ3v) is 4.23. The molecule has 3 heteroatoms. The van der Waals surface area contributed by atoms with E-state index in [0.29, 0.717) is 6.04 Å². The van der Waals surface area contributed by atoms with E-state index >= 15 is 0 Å². The number of nitrogens with one attached hydrogen (secondary N) is 1. The number of rotatable bonds is 3. The third kappa shape index (κ3) is 3.54. The average Bonchev–Trinajstić information content (AvgIpc) is 2.66. The number of hydrogen-bond acceptors (Lipinski definition) is 2. The number of halogens is 1. The van der Waals surface area contributed by atoms with Crippen LogP contribution in [0.3, 0.4) is 0 Å². The summed E-state index contributed by atoms with van der Waals surface area (Å²) in [6.07, 6.45) is 2.31. The molecule has 2 atom stereocenters. The highest BCUT2D eigenvalue weighted by atomic mass is 19.1. The summed E-state index contributed by atoms with van der Waals surface area (Å²) in [6, 6.07) is 6.47. The molecule has 2 unspecified atom stereocenters. The molecule has 106 valence electrons. The monoisotopic (exact) mass is 264 g/mol. The van der Waals surface area contributed by atoms with E-state index in [9.17, 15) is 4.39 Å². The minimum absolute atomic E-state index is 0.0932. The standard InChI is InChI=1S/C16H25FN2/c1-4-15-11-19(9-5-8-18-15)13(3)14-7-6-12(2)16(17)10-14/h6-7,10,13,15,18H,4-5,8-9,11H2,1-3H3. The molecule has 1 fully saturated rings. The van der Waals surface area contributed by atoms with Crippen LogP contribution in [0.2, 0.25) is 0 Å². The summed E-state index contributed by atoms with van der Waals surface area (Å²) in [7, 11) is 0. The van der Waals surface area contributed by atoms with Crippen LogP contribution in [0.15, 0.2) is 18.2 Å². The summed E-state index contributed by atoms with van der Waals surface area (Å²) < 4.78 is 13.7. The first-order chi connectivity index (χ1) is 9.11. The molecular weight excluding hydrogens is 239 g/mol. The van der Waals surface area contributed by atoms with Gasteiger partial charge in [0.15, 0.2) is 0 Å². The van der Waals surface area contributed by atoms with Crippen molar-refractivity contribution in [3.8, 4) is 0 Å². The van der Waals surface area contributed by atoms with E-state index in [-0.39, 0.29) is 11.9 Å². The highest BCUT2D eigenvalue weighted by molar-refractivity contribution is 5.25. The number of nitrogens with zero attached hydrogens (tertiary/aromatic N) is 1. The average molecular weight is 264 g/mol. The van der Waals surface area contributed by atoms with Crippen LogP contribution in [0.4, 0.5) is 4.39 Å². The molecule has 2 nitrogen and oxygen atoms in total. The topological polar surface area (TPSA) is 15.3 Å². The minimum atomic E-state index is -0.0932. The van der Waals surface area contributed by atoms with Crippen LogP contribution < -0.4 is 5.32 Å². The van der Waals surface area contributed by atoms with E-state index in [1.165, 1.54) is 0 Å². The molecule has 0 saturated carbocycles. The van der Waals surface area contributed by atoms with Gasteiger partial charge in [0.05, 0.1) is 0 Å². The number of aryl methyl sites for hydroxylation is 1. The van der Waals surface area contributed by atoms with Gasteiger partial charge < -0.3 is 5.32 Å². The van der Waals surface area contributed by atoms with Crippen molar-refractivity contribution in [1.29, 1.82) is 0 Å². The first-order valence-corrected chi connectivity index (χ1v) is 7.35. The lowest BCUT2D eigenvalue weighted by molar-refractivity contribution is 0.205. The fourth-order valence-electron chi connectivity index (χ4n) is 2.73. The Morgan fingerprint density at radius 1 is 1.47 bits per heavy atom. The molecule has 0 aromatic heterocycles. The summed E-state index contributed by atoms with van der Waals surface area (Å²) in [6.45, 7) is 9.43. The lowest BCUT2D eigenvalue weighted by Crippen LogP contribution is -2.38. The summed E-state index contributed by atoms with van der Waals surface area (Å²) in [4.78, 5) is 2.47. The van der Waals surface area contributed by atoms with Gasteiger partial charge in [-0.1, -0.05) is 19.1 Å². The lowest BCUT2D eigenvalue weighted by atomic mass is 10.0. The zero-order valence-corrected chi connectivity index (χ0v) is 12.2. The molecular formula is C16H25FN2. The van der Waals surface area contributed by atoms with Crippen LogP contribution in [0.25, 0.3) is 0 Å². The van der Waals surface area contributed by atoms with Gasteiger partial charge in [-0.05, 0) is 50.4 Å². The molecule has 1 aliphatic rings. The fraction of sp³-hybridized carbons (Fsp3) is 0.625. The Morgan fingerprint density at radius 3 is 2.95 bits per heavy atom. The van der Waals surface area contributed by atoms with Crippen molar-refractivity contribution in [1.82, 2.24) is 10.2 Å². The Balaban J connectivity index is 2.12. The molecule has 0 aliphatic carbocycles. The van der Waals surface area contributed by atoms with Gasteiger partial charge in [0.1, 0.15) is 5.82 Å². The zero-order valence-electron chi connectivity index (χ0n) is 12.2. The van der Waals surface area contributed by atoms with Crippen molar-refractivity contribution >= 4 is 0 Å². The lowest BCUT2D eigenvalue weighted by Gasteiger charge is -2.30. The molecule has 19 heavy (non-hydrogen) atoms. The van der Waals surface area contributed by atoms with Crippen molar-refractivity contribution in [3.05, 3.63) is 35.1 Å². The van der Waals surface area contributed by atoms with Gasteiger partial charge in [-0.15, -0.1) is 0 Å². The van der Waals surface area contributed by atoms with E-state index in [0.717, 1.165) is 43.6 Å². The number of benzene rings is 1. The first kappa shape index (κ1) is 14.5. The molecule has 0 bridgehead atoms. The number of hydrogen-bond donors (Lipinski definition) is 1. The van der Waals surface area contributed by atoms with Gasteiger partial charge in [0, 0.05) is 25.2 Å². The van der Waals surface area contributed by atoms with Gasteiger partial charge >= 0.3 is 0 Å². The van der Waals surface area contributed by atoms with Crippen molar-refractivity contribution in [2.24, 2.45) is 0 Å². The van der Waals surface area contributed by atoms with Crippen LogP contribution in [0.5, 0.6) is 0 Å². The SMILES string of the molecule is CCC1CN(C(C)c2ccc(C)c(F)c2)CCCN1. The second-order valence-electron chi connectivity index (χ2n) is 5.59. The van der Waals surface area contributed by atoms with Gasteiger partial charge in [-0.3, -0.25) is 4.90 Å². The Labute approximate surface area is 116 Å². The predicted octanol–water partition coefficient (Wildman–Crippen LogP) is 3.27. The quantitative estimate of drug-likeness (QED) is 0.901. The van der Waals surface area contributed by atoms with Crippen LogP contribution in [-0.2, 0) is 0 Å². The summed E-state index contributed by atoms with van der Waals surface area (Å²) in [5.74, 6) is -0.0932. The van der Waals surface area contributed by atoms with E-state index in [4.69, 9.17) is 0 Å². The van der Waals surface area contributed by atoms with Gasteiger partial charge in [-0.25, -0.2) is 4.39 Å². The van der Waals surface area contributed by atoms with Crippen LogP contribution >= 0.6 is 0 Å². The molecule has 1 aromatic carbocycles. The fourth-order valence-corrected chi connectivity index (χ4v) is 2.73. The summed E-state index contributed by atoms with van der Waals surface area (Å²) >= 11 is 0. The van der Waals surface area contributed by atoms with Crippen LogP contribution in [-0.4, -0.2) is 30.6 Å². The maximum atomic E-state index is 13.7. The highest BCUT2D eigenvalue weighted by Crippen LogP contribution is 2.23. The largest absolute Gasteiger partial charge is 0.313 e. The third-order valence-electron chi connectivity index (χ3n) is 4.23. The molecule has 1 saturated heterocycles. The second-order valence-corrected chi connectivity index (χ2v) is 5.59. The van der Waals surface area contributed by atoms with Crippen molar-refractivity contribution in [3.63, 3.8) is 0 Å². The van der Waals surface area contributed by atoms with Crippen LogP contribution in [0, 0.1) is 12.7 Å². The maximum Gasteiger partial charge on any atom is 0.126 e. The van der Waals surface area contributed by atoms with E-state index in [1.807, 2.05) is 13.0 Å². The van der Waals surface area contributed by atoms with Crippen molar-refractivity contribution in [2.75, 3.05) is 19.6 Å². The molecule has 0 spiro atoms. The molecule has 1 heterocycles. The zero-order chi connectivity index (χ0) is 13.8. The van der Waals surface area contributed by atoms with Gasteiger partial charge in [0.2, 0.25) is 0 Å². The Bertz CT molecular complexity index is 419. The predicted molar refractivity (Wildman–Crippen MR) is 77.8 cm³/mol. The molecule has 2 rings (SSSR count). The molecule has 0 radical (unpaired) electrons. The van der Waals surface area contributed by atoms with Crippen molar-refractivity contribution < 1.29 is 4.39 Å². The van der Waals surface area contributed by atoms with E-state index in [2.05, 4.69) is 30.1 Å². The summed E-state index contributed by atoms with van der Waals surface area (Å²) in [5.41, 5.74) is 1.81.